The van der Waals surface area contributed by atoms with E-state index in [1.807, 2.05) is 35.2 Å². The first-order chi connectivity index (χ1) is 13.0. The quantitative estimate of drug-likeness (QED) is 0.830. The fourth-order valence-corrected chi connectivity index (χ4v) is 3.89. The summed E-state index contributed by atoms with van der Waals surface area (Å²) in [6, 6.07) is 9.86. The van der Waals surface area contributed by atoms with E-state index in [9.17, 15) is 4.79 Å². The van der Waals surface area contributed by atoms with Crippen LogP contribution in [0.3, 0.4) is 0 Å². The zero-order chi connectivity index (χ0) is 19.3. The van der Waals surface area contributed by atoms with Crippen LogP contribution >= 0.6 is 0 Å². The van der Waals surface area contributed by atoms with Crippen molar-refractivity contribution in [1.29, 1.82) is 0 Å². The van der Waals surface area contributed by atoms with Crippen LogP contribution in [0.4, 0.5) is 4.79 Å². The summed E-state index contributed by atoms with van der Waals surface area (Å²) < 4.78 is 5.98. The Balaban J connectivity index is 1.42. The molecule has 2 heterocycles. The second-order valence-electron chi connectivity index (χ2n) is 8.18. The number of ether oxygens (including phenoxy) is 1. The number of nitrogens with zero attached hydrogens (tertiary/aromatic N) is 3. The summed E-state index contributed by atoms with van der Waals surface area (Å²) in [7, 11) is 0. The molecule has 1 aromatic rings. The molecule has 1 aromatic carbocycles. The van der Waals surface area contributed by atoms with Crippen LogP contribution in [0.15, 0.2) is 30.3 Å². The zero-order valence-corrected chi connectivity index (χ0v) is 17.0. The van der Waals surface area contributed by atoms with E-state index in [1.165, 1.54) is 0 Å². The fourth-order valence-electron chi connectivity index (χ4n) is 3.89. The molecule has 2 amide bonds. The second kappa shape index (κ2) is 8.93. The van der Waals surface area contributed by atoms with Crippen molar-refractivity contribution in [2.75, 3.05) is 52.4 Å². The maximum absolute atomic E-state index is 12.6. The van der Waals surface area contributed by atoms with E-state index in [0.29, 0.717) is 13.1 Å². The van der Waals surface area contributed by atoms with Gasteiger partial charge in [-0.1, -0.05) is 25.1 Å². The lowest BCUT2D eigenvalue weighted by molar-refractivity contribution is 0.0547. The minimum absolute atomic E-state index is 0.0226. The lowest BCUT2D eigenvalue weighted by Crippen LogP contribution is -2.59. The molecule has 6 nitrogen and oxygen atoms in total. The number of urea groups is 1. The number of hydrogen-bond acceptors (Lipinski definition) is 4. The number of para-hydroxylation sites is 1. The Hall–Kier alpha value is -1.79. The highest BCUT2D eigenvalue weighted by molar-refractivity contribution is 5.74. The van der Waals surface area contributed by atoms with Gasteiger partial charge in [-0.05, 0) is 32.5 Å². The van der Waals surface area contributed by atoms with Crippen molar-refractivity contribution >= 4 is 6.03 Å². The molecule has 2 aliphatic heterocycles. The summed E-state index contributed by atoms with van der Waals surface area (Å²) in [4.78, 5) is 19.4. The van der Waals surface area contributed by atoms with Crippen molar-refractivity contribution in [1.82, 2.24) is 20.0 Å². The van der Waals surface area contributed by atoms with E-state index in [0.717, 1.165) is 51.4 Å². The van der Waals surface area contributed by atoms with Crippen molar-refractivity contribution < 1.29 is 9.53 Å². The monoisotopic (exact) mass is 374 g/mol. The number of carbonyl (C=O) groups excluding carboxylic acids is 1. The minimum atomic E-state index is -0.0326. The van der Waals surface area contributed by atoms with Crippen molar-refractivity contribution in [2.45, 2.75) is 38.8 Å². The van der Waals surface area contributed by atoms with E-state index in [2.05, 4.69) is 35.9 Å². The summed E-state index contributed by atoms with van der Waals surface area (Å²) >= 11 is 0. The Kier molecular flexibility index (Phi) is 6.60. The molecule has 1 N–H and O–H groups in total. The molecule has 0 spiro atoms. The summed E-state index contributed by atoms with van der Waals surface area (Å²) in [5, 5.41) is 3.15. The van der Waals surface area contributed by atoms with E-state index >= 15 is 0 Å². The minimum Gasteiger partial charge on any atom is -0.489 e. The summed E-state index contributed by atoms with van der Waals surface area (Å²) in [6.45, 7) is 14.2. The summed E-state index contributed by atoms with van der Waals surface area (Å²) in [6.07, 6.45) is 0.957. The molecule has 2 saturated heterocycles. The van der Waals surface area contributed by atoms with Crippen LogP contribution in [0.1, 0.15) is 27.2 Å². The average molecular weight is 375 g/mol. The molecule has 0 saturated carbocycles. The summed E-state index contributed by atoms with van der Waals surface area (Å²) in [5.41, 5.74) is -0.0326. The Labute approximate surface area is 163 Å². The first kappa shape index (κ1) is 20.0. The van der Waals surface area contributed by atoms with Gasteiger partial charge in [0.15, 0.2) is 0 Å². The Morgan fingerprint density at radius 1 is 1.15 bits per heavy atom. The molecule has 0 bridgehead atoms. The molecular weight excluding hydrogens is 340 g/mol. The highest BCUT2D eigenvalue weighted by Crippen LogP contribution is 2.19. The molecule has 1 atom stereocenters. The molecule has 0 aromatic heterocycles. The SMILES string of the molecule is CCN1CCN(C(C)(C)CNC(=O)N2CCC(Oc3ccccc3)C2)CC1. The molecule has 0 radical (unpaired) electrons. The lowest BCUT2D eigenvalue weighted by atomic mass is 10.0. The number of amides is 2. The topological polar surface area (TPSA) is 48.0 Å². The van der Waals surface area contributed by atoms with Crippen molar-refractivity contribution in [3.63, 3.8) is 0 Å². The van der Waals surface area contributed by atoms with Crippen molar-refractivity contribution in [3.8, 4) is 5.75 Å². The second-order valence-corrected chi connectivity index (χ2v) is 8.18. The number of rotatable bonds is 6. The molecule has 27 heavy (non-hydrogen) atoms. The molecule has 1 unspecified atom stereocenters. The van der Waals surface area contributed by atoms with E-state index in [-0.39, 0.29) is 17.7 Å². The number of likely N-dealkylation sites (tertiary alicyclic amines) is 1. The van der Waals surface area contributed by atoms with Crippen LogP contribution in [0.2, 0.25) is 0 Å². The molecular formula is C21H34N4O2. The van der Waals surface area contributed by atoms with Crippen LogP contribution in [-0.4, -0.2) is 84.7 Å². The first-order valence-corrected chi connectivity index (χ1v) is 10.2. The summed E-state index contributed by atoms with van der Waals surface area (Å²) in [5.74, 6) is 0.872. The first-order valence-electron chi connectivity index (χ1n) is 10.2. The fraction of sp³-hybridized carbons (Fsp3) is 0.667. The van der Waals surface area contributed by atoms with Crippen molar-refractivity contribution in [3.05, 3.63) is 30.3 Å². The maximum atomic E-state index is 12.6. The van der Waals surface area contributed by atoms with Gasteiger partial charge in [-0.25, -0.2) is 4.79 Å². The number of likely N-dealkylation sites (N-methyl/N-ethyl adjacent to an activating group) is 1. The number of hydrogen-bond donors (Lipinski definition) is 1. The number of benzene rings is 1. The predicted molar refractivity (Wildman–Crippen MR) is 108 cm³/mol. The largest absolute Gasteiger partial charge is 0.489 e. The van der Waals surface area contributed by atoms with Crippen LogP contribution in [0.25, 0.3) is 0 Å². The average Bonchev–Trinajstić information content (AvgIpc) is 3.15. The van der Waals surface area contributed by atoms with Crippen molar-refractivity contribution in [2.24, 2.45) is 0 Å². The number of nitrogens with one attached hydrogen (secondary N) is 1. The third-order valence-electron chi connectivity index (χ3n) is 5.83. The third kappa shape index (κ3) is 5.36. The highest BCUT2D eigenvalue weighted by atomic mass is 16.5. The van der Waals surface area contributed by atoms with Crippen LogP contribution < -0.4 is 10.1 Å². The van der Waals surface area contributed by atoms with Gasteiger partial charge in [-0.15, -0.1) is 0 Å². The van der Waals surface area contributed by atoms with Gasteiger partial charge in [0.05, 0.1) is 6.54 Å². The number of carbonyl (C=O) groups is 1. The predicted octanol–water partition coefficient (Wildman–Crippen LogP) is 2.27. The van der Waals surface area contributed by atoms with Crippen LogP contribution in [0.5, 0.6) is 5.75 Å². The van der Waals surface area contributed by atoms with Gasteiger partial charge in [0.2, 0.25) is 0 Å². The van der Waals surface area contributed by atoms with E-state index < -0.39 is 0 Å². The van der Waals surface area contributed by atoms with E-state index in [4.69, 9.17) is 4.74 Å². The standard InChI is InChI=1S/C21H34N4O2/c1-4-23-12-14-25(15-13-23)21(2,3)17-22-20(26)24-11-10-19(16-24)27-18-8-6-5-7-9-18/h5-9,19H,4,10-17H2,1-3H3,(H,22,26). The van der Waals surface area contributed by atoms with Gasteiger partial charge in [0.1, 0.15) is 11.9 Å². The zero-order valence-electron chi connectivity index (χ0n) is 17.0. The molecule has 6 heteroatoms. The lowest BCUT2D eigenvalue weighted by Gasteiger charge is -2.44. The molecule has 0 aliphatic carbocycles. The smallest absolute Gasteiger partial charge is 0.317 e. The molecule has 2 fully saturated rings. The Morgan fingerprint density at radius 3 is 2.52 bits per heavy atom. The Bertz CT molecular complexity index is 599. The molecule has 3 rings (SSSR count). The van der Waals surface area contributed by atoms with Gasteiger partial charge in [0, 0.05) is 51.2 Å². The Morgan fingerprint density at radius 2 is 1.85 bits per heavy atom. The number of piperazine rings is 1. The van der Waals surface area contributed by atoms with Crippen LogP contribution in [-0.2, 0) is 0 Å². The molecule has 2 aliphatic rings. The van der Waals surface area contributed by atoms with E-state index in [1.54, 1.807) is 0 Å². The van der Waals surface area contributed by atoms with Gasteiger partial charge in [-0.3, -0.25) is 4.90 Å². The van der Waals surface area contributed by atoms with Gasteiger partial charge in [0.25, 0.3) is 0 Å². The van der Waals surface area contributed by atoms with Gasteiger partial charge in [-0.2, -0.15) is 0 Å². The highest BCUT2D eigenvalue weighted by Gasteiger charge is 2.32. The normalized spacial score (nSPS) is 22.0. The van der Waals surface area contributed by atoms with Gasteiger partial charge >= 0.3 is 6.03 Å². The maximum Gasteiger partial charge on any atom is 0.317 e. The van der Waals surface area contributed by atoms with Crippen LogP contribution in [0, 0.1) is 0 Å². The third-order valence-corrected chi connectivity index (χ3v) is 5.83. The van der Waals surface area contributed by atoms with Gasteiger partial charge < -0.3 is 19.9 Å². The molecule has 150 valence electrons.